The fourth-order valence-electron chi connectivity index (χ4n) is 1.89. The molecule has 0 aromatic carbocycles. The minimum atomic E-state index is -4.03. The third kappa shape index (κ3) is 15.6. The minimum Gasteiger partial charge on any atom is -0.465 e. The molecule has 1 unspecified atom stereocenters. The van der Waals surface area contributed by atoms with Crippen LogP contribution in [-0.4, -0.2) is 75.3 Å². The predicted octanol–water partition coefficient (Wildman–Crippen LogP) is 1.72. The topological polar surface area (TPSA) is 128 Å². The van der Waals surface area contributed by atoms with Gasteiger partial charge in [-0.2, -0.15) is 20.2 Å². The Hall–Kier alpha value is -0.880. The smallest absolute Gasteiger partial charge is 0.312 e. The van der Waals surface area contributed by atoms with Gasteiger partial charge in [0, 0.05) is 24.0 Å². The highest BCUT2D eigenvalue weighted by Crippen LogP contribution is 2.23. The van der Waals surface area contributed by atoms with E-state index in [2.05, 4.69) is 5.32 Å². The van der Waals surface area contributed by atoms with Crippen LogP contribution in [0.1, 0.15) is 40.5 Å². The summed E-state index contributed by atoms with van der Waals surface area (Å²) in [7, 11) is -4.03. The molecule has 172 valence electrons. The molecule has 0 aromatic heterocycles. The van der Waals surface area contributed by atoms with Crippen molar-refractivity contribution in [3.05, 3.63) is 0 Å². The first-order valence-electron chi connectivity index (χ1n) is 9.63. The summed E-state index contributed by atoms with van der Waals surface area (Å²) < 4.78 is 45.5. The number of ether oxygens (including phenoxy) is 3. The van der Waals surface area contributed by atoms with Crippen LogP contribution in [0.2, 0.25) is 0 Å². The molecule has 1 amide bonds. The Morgan fingerprint density at radius 3 is 2.45 bits per heavy atom. The molecule has 0 heterocycles. The number of hydrogen-bond donors (Lipinski definition) is 2. The molecule has 0 fully saturated rings. The van der Waals surface area contributed by atoms with Crippen LogP contribution in [0, 0.1) is 11.3 Å². The van der Waals surface area contributed by atoms with E-state index < -0.39 is 27.3 Å². The van der Waals surface area contributed by atoms with Crippen molar-refractivity contribution in [1.29, 1.82) is 0 Å². The molecule has 1 atom stereocenters. The first kappa shape index (κ1) is 28.1. The maximum atomic E-state index is 12.0. The zero-order valence-electron chi connectivity index (χ0n) is 17.8. The molecule has 0 bridgehead atoms. The lowest BCUT2D eigenvalue weighted by Gasteiger charge is -2.22. The molecule has 11 heteroatoms. The van der Waals surface area contributed by atoms with E-state index in [1.54, 1.807) is 13.8 Å². The average molecular weight is 458 g/mol. The summed E-state index contributed by atoms with van der Waals surface area (Å²) in [6.45, 7) is 8.72. The molecule has 2 N–H and O–H groups in total. The van der Waals surface area contributed by atoms with Crippen LogP contribution in [0.25, 0.3) is 0 Å². The van der Waals surface area contributed by atoms with Gasteiger partial charge in [-0.3, -0.25) is 14.1 Å². The van der Waals surface area contributed by atoms with Gasteiger partial charge in [-0.15, -0.1) is 0 Å². The lowest BCUT2D eigenvalue weighted by Crippen LogP contribution is -2.31. The van der Waals surface area contributed by atoms with E-state index in [0.29, 0.717) is 31.3 Å². The Morgan fingerprint density at radius 2 is 1.83 bits per heavy atom. The number of carbonyl (C=O) groups excluding carboxylic acids is 2. The Morgan fingerprint density at radius 1 is 1.17 bits per heavy atom. The molecule has 0 saturated heterocycles. The zero-order valence-corrected chi connectivity index (χ0v) is 19.4. The van der Waals surface area contributed by atoms with Crippen LogP contribution in [0.4, 0.5) is 0 Å². The maximum absolute atomic E-state index is 12.0. The summed E-state index contributed by atoms with van der Waals surface area (Å²) in [6, 6.07) is 0. The van der Waals surface area contributed by atoms with Crippen molar-refractivity contribution < 1.29 is 36.8 Å². The highest BCUT2D eigenvalue weighted by Gasteiger charge is 2.29. The highest BCUT2D eigenvalue weighted by molar-refractivity contribution is 7.99. The summed E-state index contributed by atoms with van der Waals surface area (Å²) in [6.07, 6.45) is 0.860. The number of thioether (sulfide) groups is 1. The average Bonchev–Trinajstić information content (AvgIpc) is 2.64. The van der Waals surface area contributed by atoms with E-state index in [4.69, 9.17) is 18.8 Å². The molecule has 9 nitrogen and oxygen atoms in total. The number of nitrogens with one attached hydrogen (secondary N) is 1. The Balaban J connectivity index is 3.67. The van der Waals surface area contributed by atoms with Gasteiger partial charge < -0.3 is 19.5 Å². The number of esters is 1. The fraction of sp³-hybridized carbons (Fsp3) is 0.889. The number of amides is 1. The van der Waals surface area contributed by atoms with Gasteiger partial charge in [0.15, 0.2) is 0 Å². The standard InChI is InChI=1S/C18H35NO8S2/c1-5-15(2)16(20)19-7-9-25-14-26-10-11-28-13-18(3,4)17(21)27-8-6-12-29(22,23)24/h15H,5-14H2,1-4H3,(H,19,20)(H,22,23,24). The van der Waals surface area contributed by atoms with Crippen LogP contribution in [-0.2, 0) is 33.9 Å². The number of rotatable bonds is 17. The van der Waals surface area contributed by atoms with Crippen LogP contribution in [0.5, 0.6) is 0 Å². The molecule has 0 spiro atoms. The van der Waals surface area contributed by atoms with Crippen molar-refractivity contribution in [2.24, 2.45) is 11.3 Å². The summed E-state index contributed by atoms with van der Waals surface area (Å²) >= 11 is 1.54. The molecule has 0 aliphatic rings. The molecule has 29 heavy (non-hydrogen) atoms. The van der Waals surface area contributed by atoms with Crippen molar-refractivity contribution in [3.8, 4) is 0 Å². The first-order chi connectivity index (χ1) is 13.5. The van der Waals surface area contributed by atoms with Crippen molar-refractivity contribution >= 4 is 33.8 Å². The number of carbonyl (C=O) groups is 2. The summed E-state index contributed by atoms with van der Waals surface area (Å²) in [5, 5.41) is 2.79. The van der Waals surface area contributed by atoms with Crippen molar-refractivity contribution in [2.75, 3.05) is 50.4 Å². The third-order valence-electron chi connectivity index (χ3n) is 3.94. The molecular formula is C18H35NO8S2. The maximum Gasteiger partial charge on any atom is 0.312 e. The third-order valence-corrected chi connectivity index (χ3v) is 6.13. The second-order valence-corrected chi connectivity index (χ2v) is 9.92. The molecule has 0 aromatic rings. The van der Waals surface area contributed by atoms with Crippen molar-refractivity contribution in [1.82, 2.24) is 5.32 Å². The quantitative estimate of drug-likeness (QED) is 0.145. The van der Waals surface area contributed by atoms with Crippen LogP contribution < -0.4 is 5.32 Å². The zero-order chi connectivity index (χ0) is 22.3. The molecular weight excluding hydrogens is 422 g/mol. The SMILES string of the molecule is CCC(C)C(=O)NCCOCOCCSCC(C)(C)C(=O)OCCCS(=O)(=O)O. The van der Waals surface area contributed by atoms with Gasteiger partial charge in [0.1, 0.15) is 6.79 Å². The van der Waals surface area contributed by atoms with E-state index in [9.17, 15) is 18.0 Å². The van der Waals surface area contributed by atoms with Gasteiger partial charge in [-0.05, 0) is 26.7 Å². The monoisotopic (exact) mass is 457 g/mol. The van der Waals surface area contributed by atoms with Crippen molar-refractivity contribution in [3.63, 3.8) is 0 Å². The van der Waals surface area contributed by atoms with Crippen molar-refractivity contribution in [2.45, 2.75) is 40.5 Å². The molecule has 0 aliphatic heterocycles. The molecule has 0 radical (unpaired) electrons. The second kappa shape index (κ2) is 15.0. The largest absolute Gasteiger partial charge is 0.465 e. The summed E-state index contributed by atoms with van der Waals surface area (Å²) in [5.41, 5.74) is -0.715. The van der Waals surface area contributed by atoms with Gasteiger partial charge in [0.2, 0.25) is 5.91 Å². The second-order valence-electron chi connectivity index (χ2n) is 7.25. The Labute approximate surface area is 178 Å². The van der Waals surface area contributed by atoms with Gasteiger partial charge in [0.05, 0.1) is 31.0 Å². The van der Waals surface area contributed by atoms with Gasteiger partial charge >= 0.3 is 5.97 Å². The van der Waals surface area contributed by atoms with E-state index in [-0.39, 0.29) is 31.6 Å². The molecule has 0 rings (SSSR count). The van der Waals surface area contributed by atoms with Gasteiger partial charge in [0.25, 0.3) is 10.1 Å². The minimum absolute atomic E-state index is 0.00138. The van der Waals surface area contributed by atoms with E-state index in [0.717, 1.165) is 6.42 Å². The van der Waals surface area contributed by atoms with E-state index in [1.807, 2.05) is 13.8 Å². The van der Waals surface area contributed by atoms with Crippen LogP contribution >= 0.6 is 11.8 Å². The van der Waals surface area contributed by atoms with Gasteiger partial charge in [-0.1, -0.05) is 13.8 Å². The highest BCUT2D eigenvalue weighted by atomic mass is 32.2. The van der Waals surface area contributed by atoms with Gasteiger partial charge in [-0.25, -0.2) is 0 Å². The lowest BCUT2D eigenvalue weighted by molar-refractivity contribution is -0.152. The van der Waals surface area contributed by atoms with Crippen LogP contribution in [0.3, 0.4) is 0 Å². The lowest BCUT2D eigenvalue weighted by atomic mass is 9.97. The first-order valence-corrected chi connectivity index (χ1v) is 12.4. The Kier molecular flexibility index (Phi) is 14.5. The fourth-order valence-corrected chi connectivity index (χ4v) is 3.38. The number of hydrogen-bond acceptors (Lipinski definition) is 8. The summed E-state index contributed by atoms with van der Waals surface area (Å²) in [5.74, 6) is 0.376. The normalized spacial score (nSPS) is 13.1. The Bertz CT molecular complexity index is 580. The predicted molar refractivity (Wildman–Crippen MR) is 112 cm³/mol. The molecule has 0 aliphatic carbocycles. The summed E-state index contributed by atoms with van der Waals surface area (Å²) in [4.78, 5) is 23.6. The van der Waals surface area contributed by atoms with E-state index >= 15 is 0 Å². The van der Waals surface area contributed by atoms with E-state index in [1.165, 1.54) is 11.8 Å². The molecule has 0 saturated carbocycles. The van der Waals surface area contributed by atoms with Crippen LogP contribution in [0.15, 0.2) is 0 Å².